The van der Waals surface area contributed by atoms with Gasteiger partial charge in [0.15, 0.2) is 5.96 Å². The molecule has 1 amide bonds. The van der Waals surface area contributed by atoms with E-state index in [-0.39, 0.29) is 47.2 Å². The van der Waals surface area contributed by atoms with Crippen LogP contribution < -0.4 is 5.32 Å². The highest BCUT2D eigenvalue weighted by molar-refractivity contribution is 14.0. The van der Waals surface area contributed by atoms with Gasteiger partial charge in [0.2, 0.25) is 0 Å². The molecule has 168 valence electrons. The van der Waals surface area contributed by atoms with Crippen molar-refractivity contribution < 1.29 is 13.9 Å². The molecule has 2 fully saturated rings. The molecular weight excluding hydrogens is 498 g/mol. The molecule has 0 aliphatic carbocycles. The van der Waals surface area contributed by atoms with Crippen molar-refractivity contribution in [1.82, 2.24) is 15.1 Å². The van der Waals surface area contributed by atoms with Crippen LogP contribution in [0.4, 0.5) is 4.39 Å². The number of piperazine rings is 1. The number of amides is 1. The number of carbonyl (C=O) groups is 1. The van der Waals surface area contributed by atoms with Crippen molar-refractivity contribution >= 4 is 35.8 Å². The Balaban J connectivity index is 0.00000320. The van der Waals surface area contributed by atoms with E-state index < -0.39 is 0 Å². The largest absolute Gasteiger partial charge is 0.368 e. The summed E-state index contributed by atoms with van der Waals surface area (Å²) in [6, 6.07) is 6.73. The van der Waals surface area contributed by atoms with E-state index >= 15 is 0 Å². The van der Waals surface area contributed by atoms with E-state index in [9.17, 15) is 9.18 Å². The summed E-state index contributed by atoms with van der Waals surface area (Å²) >= 11 is 0. The van der Waals surface area contributed by atoms with E-state index in [1.165, 1.54) is 6.07 Å². The lowest BCUT2D eigenvalue weighted by Gasteiger charge is -2.37. The third-order valence-corrected chi connectivity index (χ3v) is 5.66. The second kappa shape index (κ2) is 11.3. The fourth-order valence-corrected chi connectivity index (χ4v) is 3.81. The summed E-state index contributed by atoms with van der Waals surface area (Å²) in [4.78, 5) is 21.5. The minimum absolute atomic E-state index is 0. The monoisotopic (exact) mass is 532 g/mol. The first kappa shape index (κ1) is 24.8. The van der Waals surface area contributed by atoms with Gasteiger partial charge in [0.25, 0.3) is 5.91 Å². The Morgan fingerprint density at radius 1 is 1.27 bits per heavy atom. The van der Waals surface area contributed by atoms with Gasteiger partial charge in [0, 0.05) is 44.7 Å². The van der Waals surface area contributed by atoms with E-state index in [0.29, 0.717) is 26.2 Å². The molecule has 1 aromatic rings. The van der Waals surface area contributed by atoms with Gasteiger partial charge < -0.3 is 19.9 Å². The molecule has 0 saturated carbocycles. The molecule has 2 aliphatic heterocycles. The molecule has 0 spiro atoms. The fraction of sp³-hybridized carbons (Fsp3) is 0.636. The summed E-state index contributed by atoms with van der Waals surface area (Å²) in [6.07, 6.45) is 1.54. The molecule has 0 radical (unpaired) electrons. The lowest BCUT2D eigenvalue weighted by Crippen LogP contribution is -2.55. The van der Waals surface area contributed by atoms with Crippen LogP contribution in [0.2, 0.25) is 0 Å². The zero-order valence-electron chi connectivity index (χ0n) is 18.2. The van der Waals surface area contributed by atoms with Crippen molar-refractivity contribution in [3.63, 3.8) is 0 Å². The first-order valence-corrected chi connectivity index (χ1v) is 10.6. The lowest BCUT2D eigenvalue weighted by atomic mass is 9.85. The highest BCUT2D eigenvalue weighted by Crippen LogP contribution is 2.24. The Morgan fingerprint density at radius 3 is 2.57 bits per heavy atom. The Bertz CT molecular complexity index is 730. The smallest absolute Gasteiger partial charge is 0.251 e. The Labute approximate surface area is 196 Å². The first-order chi connectivity index (χ1) is 13.9. The number of benzene rings is 1. The van der Waals surface area contributed by atoms with Crippen molar-refractivity contribution in [1.29, 1.82) is 0 Å². The number of nitrogens with one attached hydrogen (secondary N) is 1. The van der Waals surface area contributed by atoms with Gasteiger partial charge in [-0.25, -0.2) is 4.39 Å². The van der Waals surface area contributed by atoms with E-state index in [0.717, 1.165) is 44.0 Å². The van der Waals surface area contributed by atoms with Crippen LogP contribution >= 0.6 is 24.0 Å². The molecular formula is C22H34FIN4O2. The van der Waals surface area contributed by atoms with Crippen LogP contribution in [0.15, 0.2) is 29.3 Å². The van der Waals surface area contributed by atoms with E-state index in [2.05, 4.69) is 24.1 Å². The van der Waals surface area contributed by atoms with E-state index in [1.807, 2.05) is 17.9 Å². The number of guanidine groups is 1. The number of aliphatic imine (C=N–C) groups is 1. The van der Waals surface area contributed by atoms with Gasteiger partial charge in [-0.2, -0.15) is 0 Å². The van der Waals surface area contributed by atoms with Crippen molar-refractivity contribution in [2.45, 2.75) is 45.1 Å². The summed E-state index contributed by atoms with van der Waals surface area (Å²) in [5.41, 5.74) is 0.657. The maximum atomic E-state index is 13.6. The van der Waals surface area contributed by atoms with Crippen LogP contribution in [0, 0.1) is 5.82 Å². The van der Waals surface area contributed by atoms with Crippen LogP contribution in [0.3, 0.4) is 0 Å². The van der Waals surface area contributed by atoms with E-state index in [4.69, 9.17) is 9.73 Å². The minimum atomic E-state index is -0.277. The van der Waals surface area contributed by atoms with Crippen LogP contribution in [-0.4, -0.2) is 73.6 Å². The standard InChI is InChI=1S/C22H33FN4O2.HI/c1-4-24-21(25-16-22(2,3)17-7-5-8-18(23)15-17)27-12-10-26(11-13-27)20(28)19-9-6-14-29-19;/h5,7-8,15,19H,4,6,9-14,16H2,1-3H3,(H,24,25);1H. The average molecular weight is 532 g/mol. The maximum Gasteiger partial charge on any atom is 0.251 e. The van der Waals surface area contributed by atoms with Gasteiger partial charge in [-0.1, -0.05) is 26.0 Å². The number of carbonyl (C=O) groups excluding carboxylic acids is 1. The zero-order chi connectivity index (χ0) is 20.9. The molecule has 1 aromatic carbocycles. The summed E-state index contributed by atoms with van der Waals surface area (Å²) in [5.74, 6) is 0.746. The molecule has 6 nitrogen and oxygen atoms in total. The average Bonchev–Trinajstić information content (AvgIpc) is 3.26. The third kappa shape index (κ3) is 6.29. The molecule has 8 heteroatoms. The Kier molecular flexibility index (Phi) is 9.33. The number of rotatable bonds is 5. The van der Waals surface area contributed by atoms with Gasteiger partial charge in [-0.3, -0.25) is 9.79 Å². The number of hydrogen-bond acceptors (Lipinski definition) is 3. The summed E-state index contributed by atoms with van der Waals surface area (Å²) in [6.45, 7) is 11.0. The topological polar surface area (TPSA) is 57.2 Å². The van der Waals surface area contributed by atoms with Crippen molar-refractivity contribution in [3.05, 3.63) is 35.6 Å². The normalized spacial score (nSPS) is 20.1. The van der Waals surface area contributed by atoms with Gasteiger partial charge in [0.05, 0.1) is 6.54 Å². The van der Waals surface area contributed by atoms with Gasteiger partial charge in [0.1, 0.15) is 11.9 Å². The number of halogens is 2. The molecule has 1 N–H and O–H groups in total. The predicted molar refractivity (Wildman–Crippen MR) is 128 cm³/mol. The molecule has 2 saturated heterocycles. The Morgan fingerprint density at radius 2 is 1.97 bits per heavy atom. The van der Waals surface area contributed by atoms with Crippen molar-refractivity contribution in [2.75, 3.05) is 45.9 Å². The lowest BCUT2D eigenvalue weighted by molar-refractivity contribution is -0.142. The molecule has 1 atom stereocenters. The molecule has 1 unspecified atom stereocenters. The second-order valence-corrected chi connectivity index (χ2v) is 8.38. The highest BCUT2D eigenvalue weighted by Gasteiger charge is 2.31. The second-order valence-electron chi connectivity index (χ2n) is 8.38. The van der Waals surface area contributed by atoms with Gasteiger partial charge >= 0.3 is 0 Å². The van der Waals surface area contributed by atoms with Crippen LogP contribution in [0.25, 0.3) is 0 Å². The maximum absolute atomic E-state index is 13.6. The number of nitrogens with zero attached hydrogens (tertiary/aromatic N) is 3. The molecule has 2 heterocycles. The molecule has 30 heavy (non-hydrogen) atoms. The number of ether oxygens (including phenoxy) is 1. The van der Waals surface area contributed by atoms with Crippen LogP contribution in [0.5, 0.6) is 0 Å². The molecule has 3 rings (SSSR count). The van der Waals surface area contributed by atoms with Gasteiger partial charge in [-0.15, -0.1) is 24.0 Å². The summed E-state index contributed by atoms with van der Waals surface area (Å²) in [7, 11) is 0. The molecule has 0 aromatic heterocycles. The van der Waals surface area contributed by atoms with Gasteiger partial charge in [-0.05, 0) is 37.5 Å². The zero-order valence-corrected chi connectivity index (χ0v) is 20.5. The molecule has 2 aliphatic rings. The number of hydrogen-bond donors (Lipinski definition) is 1. The fourth-order valence-electron chi connectivity index (χ4n) is 3.81. The molecule has 0 bridgehead atoms. The van der Waals surface area contributed by atoms with Crippen LogP contribution in [0.1, 0.15) is 39.2 Å². The van der Waals surface area contributed by atoms with E-state index in [1.54, 1.807) is 12.1 Å². The predicted octanol–water partition coefficient (Wildman–Crippen LogP) is 3.01. The van der Waals surface area contributed by atoms with Crippen molar-refractivity contribution in [3.8, 4) is 0 Å². The Hall–Kier alpha value is -1.42. The minimum Gasteiger partial charge on any atom is -0.368 e. The van der Waals surface area contributed by atoms with Crippen molar-refractivity contribution in [2.24, 2.45) is 4.99 Å². The van der Waals surface area contributed by atoms with Crippen LogP contribution in [-0.2, 0) is 14.9 Å². The summed E-state index contributed by atoms with van der Waals surface area (Å²) < 4.78 is 19.2. The SMILES string of the molecule is CCNC(=NCC(C)(C)c1cccc(F)c1)N1CCN(C(=O)C2CCCO2)CC1.I. The first-order valence-electron chi connectivity index (χ1n) is 10.6. The quantitative estimate of drug-likeness (QED) is 0.360. The highest BCUT2D eigenvalue weighted by atomic mass is 127. The summed E-state index contributed by atoms with van der Waals surface area (Å²) in [5, 5.41) is 3.36. The third-order valence-electron chi connectivity index (χ3n) is 5.66.